The molecule has 3 rings (SSSR count). The topological polar surface area (TPSA) is 75.7 Å². The summed E-state index contributed by atoms with van der Waals surface area (Å²) >= 11 is 0. The number of aryl methyl sites for hydroxylation is 2. The van der Waals surface area contributed by atoms with Crippen LogP contribution in [0.25, 0.3) is 0 Å². The van der Waals surface area contributed by atoms with Gasteiger partial charge in [0, 0.05) is 25.2 Å². The van der Waals surface area contributed by atoms with Gasteiger partial charge in [-0.05, 0) is 54.8 Å². The number of ether oxygens (including phenoxy) is 1. The molecule has 1 fully saturated rings. The van der Waals surface area contributed by atoms with Gasteiger partial charge in [0.05, 0.1) is 18.1 Å². The Morgan fingerprint density at radius 3 is 2.59 bits per heavy atom. The van der Waals surface area contributed by atoms with E-state index in [1.165, 1.54) is 16.4 Å². The summed E-state index contributed by atoms with van der Waals surface area (Å²) in [6.07, 6.45) is -0.0412. The van der Waals surface area contributed by atoms with Crippen LogP contribution in [0.1, 0.15) is 17.5 Å². The molecule has 0 aromatic heterocycles. The van der Waals surface area contributed by atoms with Gasteiger partial charge < -0.3 is 10.1 Å². The SMILES string of the molecule is Cc1ccc(S(=O)(=O)N2CCOCC2)cc1NC(=O)CCc1cc(F)ccc1F. The van der Waals surface area contributed by atoms with Gasteiger partial charge in [-0.2, -0.15) is 4.31 Å². The van der Waals surface area contributed by atoms with Gasteiger partial charge in [-0.25, -0.2) is 17.2 Å². The molecule has 1 saturated heterocycles. The average molecular weight is 424 g/mol. The fraction of sp³-hybridized carbons (Fsp3) is 0.350. The van der Waals surface area contributed by atoms with Crippen LogP contribution in [0, 0.1) is 18.6 Å². The van der Waals surface area contributed by atoms with Gasteiger partial charge in [0.1, 0.15) is 11.6 Å². The Morgan fingerprint density at radius 2 is 1.86 bits per heavy atom. The average Bonchev–Trinajstić information content (AvgIpc) is 2.71. The first kappa shape index (κ1) is 21.4. The molecule has 0 atom stereocenters. The number of carbonyl (C=O) groups excluding carboxylic acids is 1. The van der Waals surface area contributed by atoms with E-state index < -0.39 is 27.6 Å². The number of benzene rings is 2. The molecule has 0 radical (unpaired) electrons. The molecule has 1 aliphatic heterocycles. The fourth-order valence-corrected chi connectivity index (χ4v) is 4.46. The Bertz CT molecular complexity index is 1010. The van der Waals surface area contributed by atoms with Crippen LogP contribution in [0.3, 0.4) is 0 Å². The van der Waals surface area contributed by atoms with Gasteiger partial charge in [-0.15, -0.1) is 0 Å². The second kappa shape index (κ2) is 8.98. The fourth-order valence-electron chi connectivity index (χ4n) is 3.03. The largest absolute Gasteiger partial charge is 0.379 e. The first-order valence-electron chi connectivity index (χ1n) is 9.20. The number of amides is 1. The number of nitrogens with one attached hydrogen (secondary N) is 1. The first-order valence-corrected chi connectivity index (χ1v) is 10.6. The molecule has 0 aliphatic carbocycles. The number of hydrogen-bond acceptors (Lipinski definition) is 4. The Balaban J connectivity index is 1.71. The Kier molecular flexibility index (Phi) is 6.61. The number of rotatable bonds is 6. The number of morpholine rings is 1. The standard InChI is InChI=1S/C20H22F2N2O4S/c1-14-2-5-17(29(26,27)24-8-10-28-11-9-24)13-19(14)23-20(25)7-3-15-12-16(21)4-6-18(15)22/h2,4-6,12-13H,3,7-11H2,1H3,(H,23,25). The summed E-state index contributed by atoms with van der Waals surface area (Å²) in [6.45, 7) is 2.97. The zero-order chi connectivity index (χ0) is 21.0. The molecule has 0 spiro atoms. The molecule has 1 heterocycles. The van der Waals surface area contributed by atoms with E-state index in [0.717, 1.165) is 18.2 Å². The van der Waals surface area contributed by atoms with Crippen molar-refractivity contribution < 1.29 is 26.7 Å². The van der Waals surface area contributed by atoms with Gasteiger partial charge in [0.15, 0.2) is 0 Å². The third-order valence-electron chi connectivity index (χ3n) is 4.72. The van der Waals surface area contributed by atoms with Crippen LogP contribution in [0.2, 0.25) is 0 Å². The van der Waals surface area contributed by atoms with E-state index >= 15 is 0 Å². The lowest BCUT2D eigenvalue weighted by Crippen LogP contribution is -2.40. The van der Waals surface area contributed by atoms with Gasteiger partial charge in [-0.1, -0.05) is 6.07 Å². The van der Waals surface area contributed by atoms with Crippen molar-refractivity contribution in [2.75, 3.05) is 31.6 Å². The highest BCUT2D eigenvalue weighted by Crippen LogP contribution is 2.24. The summed E-state index contributed by atoms with van der Waals surface area (Å²) in [4.78, 5) is 12.4. The molecule has 2 aromatic rings. The maximum absolute atomic E-state index is 13.7. The summed E-state index contributed by atoms with van der Waals surface area (Å²) in [7, 11) is -3.69. The summed E-state index contributed by atoms with van der Waals surface area (Å²) in [5, 5.41) is 2.67. The lowest BCUT2D eigenvalue weighted by molar-refractivity contribution is -0.116. The zero-order valence-electron chi connectivity index (χ0n) is 16.0. The van der Waals surface area contributed by atoms with Crippen molar-refractivity contribution in [3.05, 3.63) is 59.2 Å². The van der Waals surface area contributed by atoms with E-state index in [9.17, 15) is 22.0 Å². The molecule has 156 valence electrons. The van der Waals surface area contributed by atoms with Crippen molar-refractivity contribution in [2.45, 2.75) is 24.7 Å². The Morgan fingerprint density at radius 1 is 1.14 bits per heavy atom. The molecule has 0 bridgehead atoms. The van der Waals surface area contributed by atoms with Crippen molar-refractivity contribution >= 4 is 21.6 Å². The van der Waals surface area contributed by atoms with E-state index in [4.69, 9.17) is 4.74 Å². The molecule has 0 unspecified atom stereocenters. The van der Waals surface area contributed by atoms with Crippen molar-refractivity contribution in [2.24, 2.45) is 0 Å². The number of sulfonamides is 1. The van der Waals surface area contributed by atoms with E-state index in [1.54, 1.807) is 13.0 Å². The number of anilines is 1. The molecule has 2 aromatic carbocycles. The van der Waals surface area contributed by atoms with Crippen molar-refractivity contribution in [1.82, 2.24) is 4.31 Å². The van der Waals surface area contributed by atoms with Gasteiger partial charge in [-0.3, -0.25) is 4.79 Å². The first-order chi connectivity index (χ1) is 13.8. The quantitative estimate of drug-likeness (QED) is 0.774. The summed E-state index contributed by atoms with van der Waals surface area (Å²) in [5.74, 6) is -1.56. The van der Waals surface area contributed by atoms with Crippen LogP contribution in [0.4, 0.5) is 14.5 Å². The van der Waals surface area contributed by atoms with E-state index in [2.05, 4.69) is 5.32 Å². The molecular formula is C20H22F2N2O4S. The molecule has 1 amide bonds. The van der Waals surface area contributed by atoms with Crippen LogP contribution < -0.4 is 5.32 Å². The molecular weight excluding hydrogens is 402 g/mol. The zero-order valence-corrected chi connectivity index (χ0v) is 16.8. The lowest BCUT2D eigenvalue weighted by Gasteiger charge is -2.26. The van der Waals surface area contributed by atoms with E-state index in [1.807, 2.05) is 0 Å². The highest BCUT2D eigenvalue weighted by atomic mass is 32.2. The van der Waals surface area contributed by atoms with Gasteiger partial charge in [0.25, 0.3) is 0 Å². The minimum absolute atomic E-state index is 0.0280. The van der Waals surface area contributed by atoms with E-state index in [-0.39, 0.29) is 36.4 Å². The minimum Gasteiger partial charge on any atom is -0.379 e. The monoisotopic (exact) mass is 424 g/mol. The van der Waals surface area contributed by atoms with Gasteiger partial charge >= 0.3 is 0 Å². The number of nitrogens with zero attached hydrogens (tertiary/aromatic N) is 1. The predicted molar refractivity (Wildman–Crippen MR) is 104 cm³/mol. The van der Waals surface area contributed by atoms with Crippen molar-refractivity contribution in [3.8, 4) is 0 Å². The number of hydrogen-bond donors (Lipinski definition) is 1. The normalized spacial score (nSPS) is 15.3. The maximum Gasteiger partial charge on any atom is 0.243 e. The van der Waals surface area contributed by atoms with Crippen molar-refractivity contribution in [1.29, 1.82) is 0 Å². The lowest BCUT2D eigenvalue weighted by atomic mass is 10.1. The highest BCUT2D eigenvalue weighted by Gasteiger charge is 2.26. The van der Waals surface area contributed by atoms with Crippen LogP contribution in [-0.4, -0.2) is 44.9 Å². The Hall–Kier alpha value is -2.36. The molecule has 1 N–H and O–H groups in total. The van der Waals surface area contributed by atoms with Crippen LogP contribution in [0.5, 0.6) is 0 Å². The molecule has 1 aliphatic rings. The molecule has 29 heavy (non-hydrogen) atoms. The van der Waals surface area contributed by atoms with Gasteiger partial charge in [0.2, 0.25) is 15.9 Å². The van der Waals surface area contributed by atoms with Crippen LogP contribution in [-0.2, 0) is 26.0 Å². The molecule has 0 saturated carbocycles. The highest BCUT2D eigenvalue weighted by molar-refractivity contribution is 7.89. The third kappa shape index (κ3) is 5.17. The molecule has 9 heteroatoms. The van der Waals surface area contributed by atoms with Crippen molar-refractivity contribution in [3.63, 3.8) is 0 Å². The van der Waals surface area contributed by atoms with E-state index in [0.29, 0.717) is 24.5 Å². The second-order valence-corrected chi connectivity index (χ2v) is 8.72. The summed E-state index contributed by atoms with van der Waals surface area (Å²) < 4.78 is 59.1. The second-order valence-electron chi connectivity index (χ2n) is 6.78. The Labute approximate surface area is 168 Å². The number of carbonyl (C=O) groups is 1. The maximum atomic E-state index is 13.7. The summed E-state index contributed by atoms with van der Waals surface area (Å²) in [6, 6.07) is 7.63. The summed E-state index contributed by atoms with van der Waals surface area (Å²) in [5.41, 5.74) is 1.17. The smallest absolute Gasteiger partial charge is 0.243 e. The third-order valence-corrected chi connectivity index (χ3v) is 6.61. The van der Waals surface area contributed by atoms with Crippen LogP contribution in [0.15, 0.2) is 41.3 Å². The predicted octanol–water partition coefficient (Wildman–Crippen LogP) is 2.87. The molecule has 6 nitrogen and oxygen atoms in total. The number of halogens is 2. The minimum atomic E-state index is -3.69. The van der Waals surface area contributed by atoms with Crippen LogP contribution >= 0.6 is 0 Å².